The molecule has 1 aromatic heterocycles. The summed E-state index contributed by atoms with van der Waals surface area (Å²) in [5.74, 6) is 4.58. The van der Waals surface area contributed by atoms with Crippen LogP contribution < -0.4 is 16.8 Å². The van der Waals surface area contributed by atoms with Crippen LogP contribution in [-0.2, 0) is 23.8 Å². The molecule has 6 N–H and O–H groups in total. The Balaban J connectivity index is 1.60. The Morgan fingerprint density at radius 1 is 1.27 bits per heavy atom. The number of amides is 2. The molecule has 2 amide bonds. The zero-order valence-corrected chi connectivity index (χ0v) is 23.5. The zero-order valence-electron chi connectivity index (χ0n) is 23.5. The molecular formula is C27H41N5O9. The number of aliphatic hydroxyl groups excluding tert-OH is 1. The number of aromatic amines is 1. The Bertz CT molecular complexity index is 1130. The van der Waals surface area contributed by atoms with E-state index in [0.29, 0.717) is 17.9 Å². The van der Waals surface area contributed by atoms with Crippen LogP contribution in [0.3, 0.4) is 0 Å². The van der Waals surface area contributed by atoms with Crippen molar-refractivity contribution in [2.45, 2.75) is 89.8 Å². The van der Waals surface area contributed by atoms with Crippen molar-refractivity contribution in [1.29, 1.82) is 0 Å². The molecule has 1 aromatic rings. The lowest BCUT2D eigenvalue weighted by molar-refractivity contribution is -0.159. The van der Waals surface area contributed by atoms with Gasteiger partial charge in [-0.3, -0.25) is 20.1 Å². The maximum atomic E-state index is 12.8. The number of hydrogen-bond donors (Lipinski definition) is 5. The van der Waals surface area contributed by atoms with E-state index in [-0.39, 0.29) is 37.4 Å². The van der Waals surface area contributed by atoms with E-state index in [0.717, 1.165) is 30.7 Å². The fraction of sp³-hybridized carbons (Fsp3) is 0.667. The highest BCUT2D eigenvalue weighted by atomic mass is 16.6. The van der Waals surface area contributed by atoms with Crippen LogP contribution in [0, 0.1) is 11.8 Å². The Morgan fingerprint density at radius 3 is 2.61 bits per heavy atom. The van der Waals surface area contributed by atoms with Gasteiger partial charge < -0.3 is 24.4 Å². The van der Waals surface area contributed by atoms with Gasteiger partial charge in [0.15, 0.2) is 6.29 Å². The van der Waals surface area contributed by atoms with Gasteiger partial charge >= 0.3 is 17.8 Å². The number of nitrogens with two attached hydrogens (primary N) is 1. The predicted octanol–water partition coefficient (Wildman–Crippen LogP) is 1.65. The van der Waals surface area contributed by atoms with E-state index >= 15 is 0 Å². The summed E-state index contributed by atoms with van der Waals surface area (Å²) in [5, 5.41) is 22.3. The first-order chi connectivity index (χ1) is 19.5. The molecular weight excluding hydrogens is 538 g/mol. The molecule has 1 aliphatic carbocycles. The number of carbonyl (C=O) groups excluding carboxylic acids is 3. The van der Waals surface area contributed by atoms with E-state index in [1.165, 1.54) is 12.6 Å². The smallest absolute Gasteiger partial charge is 0.412 e. The van der Waals surface area contributed by atoms with Crippen molar-refractivity contribution in [3.05, 3.63) is 34.4 Å². The van der Waals surface area contributed by atoms with Gasteiger partial charge in [0.2, 0.25) is 5.91 Å². The number of aliphatic hydroxyl groups is 2. The molecule has 2 fully saturated rings. The van der Waals surface area contributed by atoms with E-state index in [1.54, 1.807) is 13.8 Å². The van der Waals surface area contributed by atoms with Crippen LogP contribution >= 0.6 is 0 Å². The largest absolute Gasteiger partial charge is 0.461 e. The molecule has 1 saturated carbocycles. The number of hydrazine groups is 1. The number of hydrogen-bond acceptors (Lipinski definition) is 11. The van der Waals surface area contributed by atoms with Crippen molar-refractivity contribution in [2.75, 3.05) is 18.5 Å². The highest BCUT2D eigenvalue weighted by molar-refractivity contribution is 5.85. The SMILES string of the molecule is C=C1C(c2cnc(=O)[nH]c2NC(=O)OCC[C@H](C(=O)OC(C)C)N(N)C(=O)CCC2CCCCC2)OC[C@H]1C(O)O. The molecule has 0 spiro atoms. The number of nitrogens with one attached hydrogen (secondary N) is 2. The number of carbonyl (C=O) groups is 3. The fourth-order valence-corrected chi connectivity index (χ4v) is 5.07. The van der Waals surface area contributed by atoms with Crippen LogP contribution in [0.1, 0.15) is 76.9 Å². The maximum Gasteiger partial charge on any atom is 0.412 e. The van der Waals surface area contributed by atoms with Crippen LogP contribution in [0.15, 0.2) is 23.1 Å². The van der Waals surface area contributed by atoms with Crippen LogP contribution in [0.4, 0.5) is 10.6 Å². The lowest BCUT2D eigenvalue weighted by Gasteiger charge is -2.28. The average molecular weight is 580 g/mol. The Morgan fingerprint density at radius 2 is 1.98 bits per heavy atom. The molecule has 3 rings (SSSR count). The number of nitrogens with zero attached hydrogens (tertiary/aromatic N) is 2. The van der Waals surface area contributed by atoms with Gasteiger partial charge in [0.1, 0.15) is 18.0 Å². The minimum absolute atomic E-state index is 0.0347. The molecule has 2 aliphatic rings. The van der Waals surface area contributed by atoms with Gasteiger partial charge in [0.05, 0.1) is 25.2 Å². The standard InChI is InChI=1S/C27H41N5O9/c1-15(2)41-25(36)20(32(28)21(33)10-9-17-7-5-4-6-8-17)11-12-39-27(38)31-23-18(13-29-26(37)30-23)22-16(3)19(14-40-22)24(34)35/h13,15,17,19-20,22,24,34-35H,3-12,14,28H2,1-2H3,(H2,29,30,31,37,38)/t19-,20-,22?/m1/s1. The first kappa shape index (κ1) is 32.2. The summed E-state index contributed by atoms with van der Waals surface area (Å²) in [6.45, 7) is 6.84. The third kappa shape index (κ3) is 9.08. The molecule has 1 saturated heterocycles. The van der Waals surface area contributed by atoms with Gasteiger partial charge in [-0.25, -0.2) is 25.2 Å². The number of anilines is 1. The molecule has 2 heterocycles. The molecule has 1 unspecified atom stereocenters. The quantitative estimate of drug-likeness (QED) is 0.0601. The second-order valence-electron chi connectivity index (χ2n) is 10.7. The third-order valence-electron chi connectivity index (χ3n) is 7.33. The van der Waals surface area contributed by atoms with Crippen molar-refractivity contribution in [3.63, 3.8) is 0 Å². The summed E-state index contributed by atoms with van der Waals surface area (Å²) in [6, 6.07) is -1.17. The van der Waals surface area contributed by atoms with Gasteiger partial charge in [-0.1, -0.05) is 38.7 Å². The Kier molecular flexibility index (Phi) is 11.8. The van der Waals surface area contributed by atoms with Crippen LogP contribution in [0.25, 0.3) is 0 Å². The van der Waals surface area contributed by atoms with Gasteiger partial charge in [-0.15, -0.1) is 0 Å². The van der Waals surface area contributed by atoms with Crippen molar-refractivity contribution in [3.8, 4) is 0 Å². The summed E-state index contributed by atoms with van der Waals surface area (Å²) in [5.41, 5.74) is -0.203. The normalized spacial score (nSPS) is 20.2. The van der Waals surface area contributed by atoms with Gasteiger partial charge in [0.25, 0.3) is 0 Å². The summed E-state index contributed by atoms with van der Waals surface area (Å²) in [7, 11) is 0. The lowest BCUT2D eigenvalue weighted by atomic mass is 9.86. The summed E-state index contributed by atoms with van der Waals surface area (Å²) >= 11 is 0. The fourth-order valence-electron chi connectivity index (χ4n) is 5.07. The third-order valence-corrected chi connectivity index (χ3v) is 7.33. The van der Waals surface area contributed by atoms with Gasteiger partial charge in [0, 0.05) is 24.6 Å². The summed E-state index contributed by atoms with van der Waals surface area (Å²) in [4.78, 5) is 56.1. The van der Waals surface area contributed by atoms with E-state index in [4.69, 9.17) is 20.1 Å². The molecule has 0 radical (unpaired) electrons. The summed E-state index contributed by atoms with van der Waals surface area (Å²) < 4.78 is 16.1. The second kappa shape index (κ2) is 15.1. The number of esters is 1. The van der Waals surface area contributed by atoms with Gasteiger partial charge in [-0.05, 0) is 31.8 Å². The van der Waals surface area contributed by atoms with Crippen molar-refractivity contribution >= 4 is 23.8 Å². The minimum atomic E-state index is -1.69. The number of rotatable bonds is 12. The van der Waals surface area contributed by atoms with E-state index < -0.39 is 54.1 Å². The van der Waals surface area contributed by atoms with Crippen molar-refractivity contribution in [2.24, 2.45) is 17.7 Å². The Hall–Kier alpha value is -3.33. The molecule has 3 atom stereocenters. The highest BCUT2D eigenvalue weighted by Gasteiger charge is 2.37. The monoisotopic (exact) mass is 579 g/mol. The molecule has 41 heavy (non-hydrogen) atoms. The lowest BCUT2D eigenvalue weighted by Crippen LogP contribution is -2.51. The Labute approximate surface area is 238 Å². The first-order valence-electron chi connectivity index (χ1n) is 13.9. The number of aromatic nitrogens is 2. The summed E-state index contributed by atoms with van der Waals surface area (Å²) in [6.07, 6.45) is 3.64. The molecule has 14 nitrogen and oxygen atoms in total. The topological polar surface area (TPSA) is 206 Å². The molecule has 228 valence electrons. The average Bonchev–Trinajstić information content (AvgIpc) is 3.30. The predicted molar refractivity (Wildman–Crippen MR) is 146 cm³/mol. The number of H-pyrrole nitrogens is 1. The van der Waals surface area contributed by atoms with Crippen LogP contribution in [0.2, 0.25) is 0 Å². The zero-order chi connectivity index (χ0) is 30.1. The first-order valence-corrected chi connectivity index (χ1v) is 13.9. The van der Waals surface area contributed by atoms with Crippen molar-refractivity contribution in [1.82, 2.24) is 15.0 Å². The molecule has 1 aliphatic heterocycles. The molecule has 0 aromatic carbocycles. The van der Waals surface area contributed by atoms with Gasteiger partial charge in [-0.2, -0.15) is 0 Å². The molecule has 0 bridgehead atoms. The minimum Gasteiger partial charge on any atom is -0.461 e. The van der Waals surface area contributed by atoms with E-state index in [2.05, 4.69) is 21.9 Å². The van der Waals surface area contributed by atoms with E-state index in [9.17, 15) is 29.4 Å². The van der Waals surface area contributed by atoms with Crippen molar-refractivity contribution < 1.29 is 38.8 Å². The molecule has 14 heteroatoms. The van der Waals surface area contributed by atoms with Crippen LogP contribution in [-0.4, -0.2) is 74.8 Å². The van der Waals surface area contributed by atoms with E-state index in [1.807, 2.05) is 0 Å². The second-order valence-corrected chi connectivity index (χ2v) is 10.7. The highest BCUT2D eigenvalue weighted by Crippen LogP contribution is 2.39. The maximum absolute atomic E-state index is 12.8. The van der Waals surface area contributed by atoms with Crippen LogP contribution in [0.5, 0.6) is 0 Å². The number of ether oxygens (including phenoxy) is 3.